The van der Waals surface area contributed by atoms with E-state index in [0.717, 1.165) is 24.8 Å². The van der Waals surface area contributed by atoms with Crippen LogP contribution in [0.25, 0.3) is 0 Å². The van der Waals surface area contributed by atoms with Gasteiger partial charge in [-0.25, -0.2) is 9.97 Å². The predicted octanol–water partition coefficient (Wildman–Crippen LogP) is 3.49. The molecular weight excluding hydrogens is 325 g/mol. The first-order chi connectivity index (χ1) is 8.31. The molecule has 1 aromatic heterocycles. The van der Waals surface area contributed by atoms with Crippen LogP contribution in [0.3, 0.4) is 0 Å². The summed E-state index contributed by atoms with van der Waals surface area (Å²) in [5, 5.41) is 0. The zero-order valence-electron chi connectivity index (χ0n) is 10.4. The number of aromatic nitrogens is 2. The Morgan fingerprint density at radius 2 is 2.29 bits per heavy atom. The fraction of sp³-hybridized carbons (Fsp3) is 0.692. The number of halogens is 1. The molecular formula is C13H20IN3. The second-order valence-electron chi connectivity index (χ2n) is 4.77. The highest BCUT2D eigenvalue weighted by molar-refractivity contribution is 14.1. The van der Waals surface area contributed by atoms with Crippen LogP contribution >= 0.6 is 22.6 Å². The smallest absolute Gasteiger partial charge is 0.145 e. The maximum Gasteiger partial charge on any atom is 0.145 e. The first-order valence-electron chi connectivity index (χ1n) is 6.51. The summed E-state index contributed by atoms with van der Waals surface area (Å²) in [6, 6.07) is 0. The molecule has 1 fully saturated rings. The first-order valence-corrected chi connectivity index (χ1v) is 7.59. The van der Waals surface area contributed by atoms with E-state index >= 15 is 0 Å². The Balaban J connectivity index is 2.01. The lowest BCUT2D eigenvalue weighted by atomic mass is 9.96. The molecule has 1 aliphatic heterocycles. The largest absolute Gasteiger partial charge is 0.356 e. The number of hydrogen-bond acceptors (Lipinski definition) is 3. The number of rotatable bonds is 3. The summed E-state index contributed by atoms with van der Waals surface area (Å²) in [6.07, 6.45) is 10.2. The van der Waals surface area contributed by atoms with Crippen LogP contribution in [0, 0.1) is 9.49 Å². The normalized spacial score (nSPS) is 21.3. The van der Waals surface area contributed by atoms with E-state index in [1.807, 2.05) is 6.20 Å². The van der Waals surface area contributed by atoms with Gasteiger partial charge in [0.2, 0.25) is 0 Å². The fourth-order valence-corrected chi connectivity index (χ4v) is 3.25. The molecule has 0 aliphatic carbocycles. The average molecular weight is 345 g/mol. The van der Waals surface area contributed by atoms with Crippen LogP contribution in [0.5, 0.6) is 0 Å². The van der Waals surface area contributed by atoms with E-state index in [4.69, 9.17) is 0 Å². The lowest BCUT2D eigenvalue weighted by molar-refractivity contribution is 0.435. The van der Waals surface area contributed by atoms with Gasteiger partial charge in [0.05, 0.1) is 3.57 Å². The Kier molecular flexibility index (Phi) is 5.00. The van der Waals surface area contributed by atoms with E-state index in [-0.39, 0.29) is 0 Å². The predicted molar refractivity (Wildman–Crippen MR) is 79.2 cm³/mol. The summed E-state index contributed by atoms with van der Waals surface area (Å²) in [6.45, 7) is 4.58. The van der Waals surface area contributed by atoms with Crippen LogP contribution in [-0.4, -0.2) is 23.1 Å². The molecule has 17 heavy (non-hydrogen) atoms. The molecule has 0 spiro atoms. The van der Waals surface area contributed by atoms with Gasteiger partial charge in [-0.2, -0.15) is 0 Å². The Bertz CT molecular complexity index is 356. The van der Waals surface area contributed by atoms with Crippen LogP contribution in [0.15, 0.2) is 12.5 Å². The van der Waals surface area contributed by atoms with Crippen LogP contribution in [0.4, 0.5) is 5.82 Å². The second-order valence-corrected chi connectivity index (χ2v) is 5.93. The summed E-state index contributed by atoms with van der Waals surface area (Å²) in [7, 11) is 0. The SMILES string of the molecule is CCCC1CCCN(c2ncncc2I)CC1. The van der Waals surface area contributed by atoms with Gasteiger partial charge in [-0.05, 0) is 47.8 Å². The molecule has 0 amide bonds. The highest BCUT2D eigenvalue weighted by atomic mass is 127. The van der Waals surface area contributed by atoms with Crippen molar-refractivity contribution in [2.75, 3.05) is 18.0 Å². The molecule has 4 heteroatoms. The Morgan fingerprint density at radius 1 is 1.41 bits per heavy atom. The van der Waals surface area contributed by atoms with Gasteiger partial charge in [0.15, 0.2) is 0 Å². The molecule has 0 radical (unpaired) electrons. The van der Waals surface area contributed by atoms with Crippen molar-refractivity contribution in [1.82, 2.24) is 9.97 Å². The van der Waals surface area contributed by atoms with E-state index in [1.54, 1.807) is 6.33 Å². The molecule has 1 unspecified atom stereocenters. The molecule has 1 saturated heterocycles. The molecule has 1 atom stereocenters. The third-order valence-electron chi connectivity index (χ3n) is 3.49. The van der Waals surface area contributed by atoms with E-state index < -0.39 is 0 Å². The summed E-state index contributed by atoms with van der Waals surface area (Å²) in [4.78, 5) is 10.9. The van der Waals surface area contributed by atoms with Gasteiger partial charge in [-0.3, -0.25) is 0 Å². The van der Waals surface area contributed by atoms with E-state index in [9.17, 15) is 0 Å². The van der Waals surface area contributed by atoms with Gasteiger partial charge >= 0.3 is 0 Å². The molecule has 0 aromatic carbocycles. The summed E-state index contributed by atoms with van der Waals surface area (Å²) in [5.74, 6) is 2.04. The summed E-state index contributed by atoms with van der Waals surface area (Å²) < 4.78 is 1.17. The molecule has 1 aromatic rings. The van der Waals surface area contributed by atoms with Gasteiger partial charge in [0.25, 0.3) is 0 Å². The molecule has 1 aliphatic rings. The van der Waals surface area contributed by atoms with Crippen molar-refractivity contribution in [2.45, 2.75) is 39.0 Å². The molecule has 0 saturated carbocycles. The number of hydrogen-bond donors (Lipinski definition) is 0. The van der Waals surface area contributed by atoms with Crippen molar-refractivity contribution >= 4 is 28.4 Å². The monoisotopic (exact) mass is 345 g/mol. The maximum atomic E-state index is 4.42. The number of nitrogens with zero attached hydrogens (tertiary/aromatic N) is 3. The summed E-state index contributed by atoms with van der Waals surface area (Å²) in [5.41, 5.74) is 0. The minimum atomic E-state index is 0.921. The average Bonchev–Trinajstić information content (AvgIpc) is 2.56. The molecule has 3 nitrogen and oxygen atoms in total. The minimum Gasteiger partial charge on any atom is -0.356 e. The van der Waals surface area contributed by atoms with E-state index in [1.165, 1.54) is 35.7 Å². The zero-order valence-corrected chi connectivity index (χ0v) is 12.6. The fourth-order valence-electron chi connectivity index (χ4n) is 2.61. The van der Waals surface area contributed by atoms with Crippen molar-refractivity contribution in [2.24, 2.45) is 5.92 Å². The van der Waals surface area contributed by atoms with Crippen molar-refractivity contribution in [1.29, 1.82) is 0 Å². The maximum absolute atomic E-state index is 4.42. The van der Waals surface area contributed by atoms with Crippen LogP contribution in [0.2, 0.25) is 0 Å². The van der Waals surface area contributed by atoms with Gasteiger partial charge < -0.3 is 4.90 Å². The van der Waals surface area contributed by atoms with Crippen molar-refractivity contribution in [3.8, 4) is 0 Å². The van der Waals surface area contributed by atoms with Crippen molar-refractivity contribution < 1.29 is 0 Å². The topological polar surface area (TPSA) is 29.0 Å². The van der Waals surface area contributed by atoms with Gasteiger partial charge in [0.1, 0.15) is 12.1 Å². The van der Waals surface area contributed by atoms with Crippen LogP contribution in [0.1, 0.15) is 39.0 Å². The van der Waals surface area contributed by atoms with E-state index in [0.29, 0.717) is 0 Å². The van der Waals surface area contributed by atoms with Gasteiger partial charge in [0, 0.05) is 19.3 Å². The van der Waals surface area contributed by atoms with E-state index in [2.05, 4.69) is 44.4 Å². The highest BCUT2D eigenvalue weighted by Gasteiger charge is 2.18. The van der Waals surface area contributed by atoms with Gasteiger partial charge in [-0.15, -0.1) is 0 Å². The van der Waals surface area contributed by atoms with Crippen molar-refractivity contribution in [3.05, 3.63) is 16.1 Å². The molecule has 2 heterocycles. The zero-order chi connectivity index (χ0) is 12.1. The molecule has 0 bridgehead atoms. The molecule has 2 rings (SSSR count). The number of anilines is 1. The molecule has 0 N–H and O–H groups in total. The summed E-state index contributed by atoms with van der Waals surface area (Å²) >= 11 is 2.33. The third-order valence-corrected chi connectivity index (χ3v) is 4.25. The Labute approximate surface area is 117 Å². The van der Waals surface area contributed by atoms with Crippen LogP contribution < -0.4 is 4.90 Å². The first kappa shape index (κ1) is 13.1. The van der Waals surface area contributed by atoms with Crippen molar-refractivity contribution in [3.63, 3.8) is 0 Å². The minimum absolute atomic E-state index is 0.921. The Hall–Kier alpha value is -0.390. The van der Waals surface area contributed by atoms with Crippen LogP contribution in [-0.2, 0) is 0 Å². The Morgan fingerprint density at radius 3 is 3.06 bits per heavy atom. The second kappa shape index (κ2) is 6.52. The van der Waals surface area contributed by atoms with Gasteiger partial charge in [-0.1, -0.05) is 19.8 Å². The lowest BCUT2D eigenvalue weighted by Gasteiger charge is -2.22. The highest BCUT2D eigenvalue weighted by Crippen LogP contribution is 2.26. The third kappa shape index (κ3) is 3.53. The molecule has 94 valence electrons. The standard InChI is InChI=1S/C13H20IN3/c1-2-4-11-5-3-7-17(8-6-11)13-12(14)9-15-10-16-13/h9-11H,2-8H2,1H3. The lowest BCUT2D eigenvalue weighted by Crippen LogP contribution is -2.26. The quantitative estimate of drug-likeness (QED) is 0.786.